The molecule has 0 aromatic heterocycles. The van der Waals surface area contributed by atoms with Crippen molar-refractivity contribution in [3.8, 4) is 0 Å². The Kier molecular flexibility index (Phi) is 72.5. The fraction of sp³-hybridized carbons (Fsp3) is 0.953. The van der Waals surface area contributed by atoms with Gasteiger partial charge in [-0.05, 0) is 49.4 Å². The molecule has 0 rings (SSSR count). The van der Waals surface area contributed by atoms with Gasteiger partial charge >= 0.3 is 39.5 Å². The fourth-order valence-electron chi connectivity index (χ4n) is 13.1. The summed E-state index contributed by atoms with van der Waals surface area (Å²) in [5.74, 6) is 1.06. The van der Waals surface area contributed by atoms with Crippen LogP contribution < -0.4 is 0 Å². The smallest absolute Gasteiger partial charge is 0.462 e. The highest BCUT2D eigenvalue weighted by atomic mass is 31.2. The number of phosphoric acid groups is 2. The monoisotopic (exact) mass is 1520 g/mol. The van der Waals surface area contributed by atoms with Crippen molar-refractivity contribution in [1.29, 1.82) is 0 Å². The number of unbranched alkanes of at least 4 members (excludes halogenated alkanes) is 46. The van der Waals surface area contributed by atoms with Crippen LogP contribution in [0, 0.1) is 23.7 Å². The Morgan fingerprint density at radius 2 is 0.462 bits per heavy atom. The summed E-state index contributed by atoms with van der Waals surface area (Å²) < 4.78 is 68.8. The molecule has 0 heterocycles. The molecule has 0 aromatic rings. The lowest BCUT2D eigenvalue weighted by atomic mass is 9.99. The summed E-state index contributed by atoms with van der Waals surface area (Å²) in [6, 6.07) is 0. The summed E-state index contributed by atoms with van der Waals surface area (Å²) in [6.45, 7) is 14.3. The van der Waals surface area contributed by atoms with E-state index in [-0.39, 0.29) is 25.7 Å². The number of ether oxygens (including phenoxy) is 4. The van der Waals surface area contributed by atoms with E-state index in [0.29, 0.717) is 31.6 Å². The normalized spacial score (nSPS) is 14.5. The van der Waals surface area contributed by atoms with Gasteiger partial charge in [-0.1, -0.05) is 389 Å². The van der Waals surface area contributed by atoms with E-state index in [0.717, 1.165) is 114 Å². The highest BCUT2D eigenvalue weighted by molar-refractivity contribution is 7.47. The molecular formula is C85H166O17P2. The molecule has 17 nitrogen and oxygen atoms in total. The first-order valence-electron chi connectivity index (χ1n) is 43.8. The Hall–Kier alpha value is -1.94. The predicted octanol–water partition coefficient (Wildman–Crippen LogP) is 25.6. The van der Waals surface area contributed by atoms with Crippen molar-refractivity contribution in [2.45, 2.75) is 459 Å². The summed E-state index contributed by atoms with van der Waals surface area (Å²) in [5.41, 5.74) is 0. The van der Waals surface area contributed by atoms with E-state index in [1.54, 1.807) is 0 Å². The molecule has 0 bridgehead atoms. The molecule has 0 amide bonds. The molecule has 19 heteroatoms. The zero-order valence-corrected chi connectivity index (χ0v) is 70.5. The first kappa shape index (κ1) is 102. The van der Waals surface area contributed by atoms with Crippen LogP contribution >= 0.6 is 15.6 Å². The van der Waals surface area contributed by atoms with Gasteiger partial charge in [-0.3, -0.25) is 37.3 Å². The minimum Gasteiger partial charge on any atom is -0.462 e. The summed E-state index contributed by atoms with van der Waals surface area (Å²) in [7, 11) is -9.93. The average Bonchev–Trinajstić information content (AvgIpc) is 0.910. The number of hydrogen-bond donors (Lipinski definition) is 3. The third-order valence-electron chi connectivity index (χ3n) is 20.5. The van der Waals surface area contributed by atoms with E-state index in [9.17, 15) is 43.2 Å². The summed E-state index contributed by atoms with van der Waals surface area (Å²) in [4.78, 5) is 73.1. The number of esters is 4. The minimum atomic E-state index is -4.96. The highest BCUT2D eigenvalue weighted by Gasteiger charge is 2.30. The zero-order chi connectivity index (χ0) is 76.7. The third-order valence-corrected chi connectivity index (χ3v) is 22.4. The lowest BCUT2D eigenvalue weighted by Gasteiger charge is -2.21. The Bertz CT molecular complexity index is 2030. The zero-order valence-electron chi connectivity index (χ0n) is 68.7. The second-order valence-corrected chi connectivity index (χ2v) is 34.9. The van der Waals surface area contributed by atoms with Crippen LogP contribution in [0.25, 0.3) is 0 Å². The van der Waals surface area contributed by atoms with Crippen LogP contribution in [0.2, 0.25) is 0 Å². The van der Waals surface area contributed by atoms with Crippen LogP contribution in [0.5, 0.6) is 0 Å². The standard InChI is InChI=1S/C85H166O17P2/c1-9-77(7)63-55-47-38-32-26-19-15-13-11-12-14-16-21-28-34-40-49-57-65-82(87)95-71-80(101-84(89)68-60-52-42-36-30-24-23-25-31-37-45-53-61-75(3)4)73-99-103(91,92)97-69-79(86)70-98-104(93,94)100-74-81(72-96-83(88)66-58-50-44-43-46-54-62-76(5)6)102-85(90)67-59-51-41-35-29-22-18-17-20-27-33-39-48-56-64-78(8)10-2/h75-81,86H,9-74H2,1-8H3,(H,91,92)(H,93,94)/t77?,78?,79-,80-,81-/m1/s1. The number of rotatable bonds is 82. The van der Waals surface area contributed by atoms with Gasteiger partial charge in [0.05, 0.1) is 26.4 Å². The second kappa shape index (κ2) is 73.8. The van der Waals surface area contributed by atoms with Crippen molar-refractivity contribution < 1.29 is 80.2 Å². The average molecular weight is 1520 g/mol. The van der Waals surface area contributed by atoms with Crippen LogP contribution in [-0.4, -0.2) is 96.7 Å². The maximum Gasteiger partial charge on any atom is 0.472 e. The molecule has 7 atom stereocenters. The van der Waals surface area contributed by atoms with Gasteiger partial charge in [0.25, 0.3) is 0 Å². The van der Waals surface area contributed by atoms with Gasteiger partial charge in [0.15, 0.2) is 12.2 Å². The van der Waals surface area contributed by atoms with E-state index in [1.165, 1.54) is 238 Å². The van der Waals surface area contributed by atoms with Gasteiger partial charge in [0.2, 0.25) is 0 Å². The number of phosphoric ester groups is 2. The number of carbonyl (C=O) groups excluding carboxylic acids is 4. The van der Waals surface area contributed by atoms with Gasteiger partial charge in [-0.15, -0.1) is 0 Å². The maximum absolute atomic E-state index is 13.1. The lowest BCUT2D eigenvalue weighted by molar-refractivity contribution is -0.161. The Morgan fingerprint density at radius 1 is 0.269 bits per heavy atom. The van der Waals surface area contributed by atoms with E-state index in [1.807, 2.05) is 0 Å². The second-order valence-electron chi connectivity index (χ2n) is 32.0. The van der Waals surface area contributed by atoms with Crippen LogP contribution in [-0.2, 0) is 65.4 Å². The molecule has 3 N–H and O–H groups in total. The Balaban J connectivity index is 5.18. The van der Waals surface area contributed by atoms with Crippen molar-refractivity contribution in [3.63, 3.8) is 0 Å². The third kappa shape index (κ3) is 75.5. The summed E-state index contributed by atoms with van der Waals surface area (Å²) >= 11 is 0. The molecular weight excluding hydrogens is 1350 g/mol. The van der Waals surface area contributed by atoms with Crippen molar-refractivity contribution in [1.82, 2.24) is 0 Å². The van der Waals surface area contributed by atoms with Gasteiger partial charge in [0, 0.05) is 25.7 Å². The molecule has 4 unspecified atom stereocenters. The van der Waals surface area contributed by atoms with Crippen LogP contribution in [0.4, 0.5) is 0 Å². The van der Waals surface area contributed by atoms with Crippen molar-refractivity contribution >= 4 is 39.5 Å². The Morgan fingerprint density at radius 3 is 0.683 bits per heavy atom. The minimum absolute atomic E-state index is 0.106. The highest BCUT2D eigenvalue weighted by Crippen LogP contribution is 2.45. The van der Waals surface area contributed by atoms with E-state index in [2.05, 4.69) is 55.4 Å². The van der Waals surface area contributed by atoms with Crippen molar-refractivity contribution in [2.24, 2.45) is 23.7 Å². The molecule has 0 aliphatic carbocycles. The molecule has 0 radical (unpaired) electrons. The van der Waals surface area contributed by atoms with Gasteiger partial charge in [-0.25, -0.2) is 9.13 Å². The first-order chi connectivity index (χ1) is 50.2. The largest absolute Gasteiger partial charge is 0.472 e. The molecule has 0 saturated heterocycles. The quantitative estimate of drug-likeness (QED) is 0.0222. The molecule has 618 valence electrons. The molecule has 0 spiro atoms. The van der Waals surface area contributed by atoms with Crippen LogP contribution in [0.3, 0.4) is 0 Å². The predicted molar refractivity (Wildman–Crippen MR) is 428 cm³/mol. The van der Waals surface area contributed by atoms with Crippen LogP contribution in [0.1, 0.15) is 441 Å². The molecule has 0 aliphatic heterocycles. The fourth-order valence-corrected chi connectivity index (χ4v) is 14.7. The molecule has 104 heavy (non-hydrogen) atoms. The van der Waals surface area contributed by atoms with Gasteiger partial charge in [0.1, 0.15) is 19.3 Å². The summed E-state index contributed by atoms with van der Waals surface area (Å²) in [5, 5.41) is 10.7. The topological polar surface area (TPSA) is 237 Å². The van der Waals surface area contributed by atoms with E-state index >= 15 is 0 Å². The maximum atomic E-state index is 13.1. The number of aliphatic hydroxyl groups is 1. The Labute approximate surface area is 638 Å². The van der Waals surface area contributed by atoms with Crippen molar-refractivity contribution in [3.05, 3.63) is 0 Å². The lowest BCUT2D eigenvalue weighted by Crippen LogP contribution is -2.30. The van der Waals surface area contributed by atoms with Gasteiger partial charge < -0.3 is 33.8 Å². The molecule has 0 fully saturated rings. The SMILES string of the molecule is CCC(C)CCCCCCCCCCCCCCCCCCCCC(=O)OC[C@H](COP(=O)(O)OC[C@@H](O)COP(=O)(O)OC[C@@H](COC(=O)CCCCCCCCC(C)C)OC(=O)CCCCCCCCCCCCCCCCC(C)CC)OC(=O)CCCCCCCCCCCCCCC(C)C. The van der Waals surface area contributed by atoms with E-state index < -0.39 is 97.5 Å². The van der Waals surface area contributed by atoms with Crippen LogP contribution in [0.15, 0.2) is 0 Å². The first-order valence-corrected chi connectivity index (χ1v) is 46.8. The van der Waals surface area contributed by atoms with Gasteiger partial charge in [-0.2, -0.15) is 0 Å². The number of aliphatic hydroxyl groups excluding tert-OH is 1. The number of hydrogen-bond acceptors (Lipinski definition) is 15. The molecule has 0 aliphatic rings. The van der Waals surface area contributed by atoms with Crippen molar-refractivity contribution in [2.75, 3.05) is 39.6 Å². The number of carbonyl (C=O) groups is 4. The summed E-state index contributed by atoms with van der Waals surface area (Å²) in [6.07, 6.45) is 62.6. The molecule has 0 aromatic carbocycles. The van der Waals surface area contributed by atoms with E-state index in [4.69, 9.17) is 37.0 Å². The molecule has 0 saturated carbocycles.